The maximum absolute atomic E-state index is 5.46. The Morgan fingerprint density at radius 3 is 2.42 bits per heavy atom. The van der Waals surface area contributed by atoms with Crippen LogP contribution in [0, 0.1) is 0 Å². The van der Waals surface area contributed by atoms with E-state index in [2.05, 4.69) is 6.92 Å². The highest BCUT2D eigenvalue weighted by Crippen LogP contribution is 2.11. The topological polar surface area (TPSA) is 18.5 Å². The third-order valence-corrected chi connectivity index (χ3v) is 4.09. The van der Waals surface area contributed by atoms with Gasteiger partial charge < -0.3 is 8.85 Å². The van der Waals surface area contributed by atoms with E-state index in [1.165, 1.54) is 12.8 Å². The Hall–Kier alpha value is 0.717. The van der Waals surface area contributed by atoms with E-state index in [0.717, 1.165) is 12.5 Å². The molecule has 0 bridgehead atoms. The fourth-order valence-electron chi connectivity index (χ4n) is 0.917. The number of hydrogen-bond acceptors (Lipinski definition) is 2. The van der Waals surface area contributed by atoms with Gasteiger partial charge in [-0.2, -0.15) is 0 Å². The van der Waals surface area contributed by atoms with Crippen molar-refractivity contribution in [2.75, 3.05) is 7.11 Å². The third kappa shape index (κ3) is 7.37. The molecule has 0 aliphatic rings. The van der Waals surface area contributed by atoms with Gasteiger partial charge in [0.05, 0.1) is 0 Å². The van der Waals surface area contributed by atoms with E-state index in [1.807, 2.05) is 0 Å². The van der Waals surface area contributed by atoms with E-state index in [0.29, 0.717) is 0 Å². The van der Waals surface area contributed by atoms with Crippen LogP contribution in [0.15, 0.2) is 0 Å². The molecule has 0 fully saturated rings. The zero-order chi connectivity index (χ0) is 9.40. The molecule has 0 saturated heterocycles. The highest BCUT2D eigenvalue weighted by molar-refractivity contribution is 6.50. The molecule has 5 heteroatoms. The summed E-state index contributed by atoms with van der Waals surface area (Å²) in [5.74, 6) is 0. The summed E-state index contributed by atoms with van der Waals surface area (Å²) in [6.45, 7) is 2.16. The SMILES string of the molecule is CCCCC[SiH](OC)OC(Cl)Cl. The largest absolute Gasteiger partial charge is 0.400 e. The molecule has 0 aliphatic heterocycles. The van der Waals surface area contributed by atoms with Gasteiger partial charge >= 0.3 is 9.28 Å². The maximum Gasteiger partial charge on any atom is 0.323 e. The summed E-state index contributed by atoms with van der Waals surface area (Å²) in [6.07, 6.45) is 3.56. The average Bonchev–Trinajstić information content (AvgIpc) is 2.02. The first-order valence-corrected chi connectivity index (χ1v) is 6.80. The van der Waals surface area contributed by atoms with Crippen molar-refractivity contribution in [3.8, 4) is 0 Å². The monoisotopic (exact) mass is 230 g/mol. The Balaban J connectivity index is 3.39. The van der Waals surface area contributed by atoms with Crippen LogP contribution >= 0.6 is 23.2 Å². The Morgan fingerprint density at radius 2 is 2.00 bits per heavy atom. The molecular weight excluding hydrogens is 215 g/mol. The van der Waals surface area contributed by atoms with Crippen molar-refractivity contribution in [2.45, 2.75) is 37.3 Å². The van der Waals surface area contributed by atoms with E-state index in [1.54, 1.807) is 7.11 Å². The van der Waals surface area contributed by atoms with Gasteiger partial charge in [0.2, 0.25) is 0 Å². The zero-order valence-electron chi connectivity index (χ0n) is 7.56. The molecule has 0 rings (SSSR count). The molecule has 74 valence electrons. The molecule has 0 aromatic rings. The third-order valence-electron chi connectivity index (χ3n) is 1.56. The highest BCUT2D eigenvalue weighted by Gasteiger charge is 2.14. The number of unbranched alkanes of at least 4 members (excludes halogenated alkanes) is 2. The second kappa shape index (κ2) is 8.32. The molecule has 0 spiro atoms. The van der Waals surface area contributed by atoms with Gasteiger partial charge in [-0.25, -0.2) is 0 Å². The minimum absolute atomic E-state index is 0.733. The van der Waals surface area contributed by atoms with Crippen molar-refractivity contribution in [3.05, 3.63) is 0 Å². The van der Waals surface area contributed by atoms with Gasteiger partial charge in [-0.05, 0) is 6.04 Å². The molecule has 2 nitrogen and oxygen atoms in total. The molecule has 0 saturated carbocycles. The van der Waals surface area contributed by atoms with Crippen molar-refractivity contribution in [2.24, 2.45) is 0 Å². The van der Waals surface area contributed by atoms with Crippen molar-refractivity contribution < 1.29 is 8.85 Å². The van der Waals surface area contributed by atoms with Crippen molar-refractivity contribution in [1.29, 1.82) is 0 Å². The Bertz CT molecular complexity index is 103. The molecule has 0 heterocycles. The Morgan fingerprint density at radius 1 is 1.33 bits per heavy atom. The lowest BCUT2D eigenvalue weighted by molar-refractivity contribution is 0.246. The predicted octanol–water partition coefficient (Wildman–Crippen LogP) is 2.82. The van der Waals surface area contributed by atoms with E-state index in [4.69, 9.17) is 32.1 Å². The van der Waals surface area contributed by atoms with Crippen LogP contribution in [-0.2, 0) is 8.85 Å². The standard InChI is InChI=1S/C7H16Cl2O2Si/c1-3-4-5-6-12(10-2)11-7(8)9/h7,12H,3-6H2,1-2H3. The summed E-state index contributed by atoms with van der Waals surface area (Å²) < 4.78 is 10.3. The molecule has 1 atom stereocenters. The summed E-state index contributed by atoms with van der Waals surface area (Å²) in [5.41, 5.74) is 0. The van der Waals surface area contributed by atoms with Gasteiger partial charge in [-0.15, -0.1) is 0 Å². The van der Waals surface area contributed by atoms with Gasteiger partial charge in [0, 0.05) is 7.11 Å². The minimum Gasteiger partial charge on any atom is -0.400 e. The van der Waals surface area contributed by atoms with Crippen LogP contribution in [0.5, 0.6) is 0 Å². The lowest BCUT2D eigenvalue weighted by atomic mass is 10.3. The van der Waals surface area contributed by atoms with E-state index in [-0.39, 0.29) is 0 Å². The molecule has 0 radical (unpaired) electrons. The molecule has 0 aromatic heterocycles. The van der Waals surface area contributed by atoms with Crippen LogP contribution in [0.1, 0.15) is 26.2 Å². The highest BCUT2D eigenvalue weighted by atomic mass is 35.5. The molecule has 1 unspecified atom stereocenters. The summed E-state index contributed by atoms with van der Waals surface area (Å²) >= 11 is 10.9. The molecule has 0 aromatic carbocycles. The van der Waals surface area contributed by atoms with Crippen LogP contribution < -0.4 is 0 Å². The van der Waals surface area contributed by atoms with Gasteiger partial charge in [0.15, 0.2) is 5.02 Å². The number of halogens is 2. The number of hydrogen-bond donors (Lipinski definition) is 0. The van der Waals surface area contributed by atoms with E-state index < -0.39 is 14.3 Å². The van der Waals surface area contributed by atoms with Gasteiger partial charge in [0.25, 0.3) is 0 Å². The molecule has 0 N–H and O–H groups in total. The van der Waals surface area contributed by atoms with Crippen LogP contribution in [0.2, 0.25) is 6.04 Å². The number of rotatable bonds is 7. The van der Waals surface area contributed by atoms with Gasteiger partial charge in [-0.3, -0.25) is 0 Å². The van der Waals surface area contributed by atoms with Crippen molar-refractivity contribution >= 4 is 32.5 Å². The quantitative estimate of drug-likeness (QED) is 0.381. The van der Waals surface area contributed by atoms with Crippen LogP contribution in [0.4, 0.5) is 0 Å². The smallest absolute Gasteiger partial charge is 0.323 e. The second-order valence-corrected chi connectivity index (χ2v) is 5.75. The predicted molar refractivity (Wildman–Crippen MR) is 55.1 cm³/mol. The van der Waals surface area contributed by atoms with Crippen LogP contribution in [-0.4, -0.2) is 21.4 Å². The lowest BCUT2D eigenvalue weighted by Gasteiger charge is -2.14. The molecule has 12 heavy (non-hydrogen) atoms. The summed E-state index contributed by atoms with van der Waals surface area (Å²) in [4.78, 5) is 0. The lowest BCUT2D eigenvalue weighted by Crippen LogP contribution is -2.22. The zero-order valence-corrected chi connectivity index (χ0v) is 10.2. The first-order valence-electron chi connectivity index (χ1n) is 4.17. The fourth-order valence-corrected chi connectivity index (χ4v) is 2.94. The maximum atomic E-state index is 5.46. The van der Waals surface area contributed by atoms with Gasteiger partial charge in [0.1, 0.15) is 0 Å². The van der Waals surface area contributed by atoms with Crippen LogP contribution in [0.3, 0.4) is 0 Å². The Labute approximate surface area is 86.0 Å². The van der Waals surface area contributed by atoms with Crippen molar-refractivity contribution in [1.82, 2.24) is 0 Å². The average molecular weight is 231 g/mol. The number of alkyl halides is 2. The summed E-state index contributed by atoms with van der Waals surface area (Å²) in [7, 11) is 0.0855. The van der Waals surface area contributed by atoms with E-state index in [9.17, 15) is 0 Å². The minimum atomic E-state index is -1.57. The van der Waals surface area contributed by atoms with Crippen molar-refractivity contribution in [3.63, 3.8) is 0 Å². The molecular formula is C7H16Cl2O2Si. The summed E-state index contributed by atoms with van der Waals surface area (Å²) in [6, 6.07) is 0.986. The first kappa shape index (κ1) is 12.7. The normalized spacial score (nSPS) is 13.8. The van der Waals surface area contributed by atoms with Crippen LogP contribution in [0.25, 0.3) is 0 Å². The molecule has 0 aliphatic carbocycles. The van der Waals surface area contributed by atoms with E-state index >= 15 is 0 Å². The summed E-state index contributed by atoms with van der Waals surface area (Å²) in [5, 5.41) is -0.733. The van der Waals surface area contributed by atoms with Gasteiger partial charge in [-0.1, -0.05) is 49.4 Å². The first-order chi connectivity index (χ1) is 5.70. The molecule has 0 amide bonds. The second-order valence-electron chi connectivity index (χ2n) is 2.56. The fraction of sp³-hybridized carbons (Fsp3) is 1.00. The Kier molecular flexibility index (Phi) is 8.82.